The van der Waals surface area contributed by atoms with E-state index in [9.17, 15) is 9.59 Å². The number of halogens is 1. The van der Waals surface area contributed by atoms with Gasteiger partial charge in [0.05, 0.1) is 5.69 Å². The normalized spacial score (nSPS) is 15.0. The minimum Gasteiger partial charge on any atom is -0.445 e. The Morgan fingerprint density at radius 3 is 2.53 bits per heavy atom. The number of aromatic nitrogens is 1. The number of nitrogens with zero attached hydrogens (tertiary/aromatic N) is 2. The van der Waals surface area contributed by atoms with Crippen LogP contribution in [-0.4, -0.2) is 41.5 Å². The summed E-state index contributed by atoms with van der Waals surface area (Å²) in [5.74, 6) is -0.109. The topological polar surface area (TPSA) is 71.5 Å². The molecule has 0 bridgehead atoms. The standard InChI is InChI=1S/C29H28ClN3O3/c30-24-10-11-25-23(17-24)9-8-22-7-4-14-31-28(22)27(25)21-12-15-33(16-13-21)26(34)18-32-29(35)36-19-20-5-2-1-3-6-20/h1-7,10-11,14,17H,8-9,12-13,15-16,18-19H2,(H,32,35). The van der Waals surface area contributed by atoms with E-state index in [0.717, 1.165) is 42.0 Å². The second kappa shape index (κ2) is 11.0. The Balaban J connectivity index is 1.24. The molecule has 7 heteroatoms. The number of likely N-dealkylation sites (tertiary alicyclic amines) is 1. The largest absolute Gasteiger partial charge is 0.445 e. The van der Waals surface area contributed by atoms with Crippen LogP contribution in [0.3, 0.4) is 0 Å². The van der Waals surface area contributed by atoms with Crippen LogP contribution in [-0.2, 0) is 29.0 Å². The lowest BCUT2D eigenvalue weighted by Gasteiger charge is -2.30. The number of fused-ring (bicyclic) bond motifs is 2. The summed E-state index contributed by atoms with van der Waals surface area (Å²) < 4.78 is 5.20. The summed E-state index contributed by atoms with van der Waals surface area (Å²) in [5, 5.41) is 3.32. The average Bonchev–Trinajstić information content (AvgIpc) is 3.08. The van der Waals surface area contributed by atoms with Crippen molar-refractivity contribution in [3.05, 3.63) is 105 Å². The first-order chi connectivity index (χ1) is 17.6. The van der Waals surface area contributed by atoms with Gasteiger partial charge in [0.15, 0.2) is 0 Å². The predicted octanol–water partition coefficient (Wildman–Crippen LogP) is 5.18. The van der Waals surface area contributed by atoms with E-state index in [4.69, 9.17) is 21.3 Å². The van der Waals surface area contributed by atoms with Crippen molar-refractivity contribution < 1.29 is 14.3 Å². The van der Waals surface area contributed by atoms with Crippen molar-refractivity contribution in [2.24, 2.45) is 0 Å². The third kappa shape index (κ3) is 5.44. The van der Waals surface area contributed by atoms with Gasteiger partial charge in [0.2, 0.25) is 5.91 Å². The zero-order valence-electron chi connectivity index (χ0n) is 20.0. The molecule has 2 amide bonds. The highest BCUT2D eigenvalue weighted by molar-refractivity contribution is 6.30. The second-order valence-corrected chi connectivity index (χ2v) is 9.52. The number of alkyl carbamates (subject to hydrolysis) is 1. The number of pyridine rings is 1. The van der Waals surface area contributed by atoms with Crippen LogP contribution in [0.2, 0.25) is 5.02 Å². The Morgan fingerprint density at radius 2 is 1.72 bits per heavy atom. The van der Waals surface area contributed by atoms with Crippen LogP contribution in [0.5, 0.6) is 0 Å². The number of ether oxygens (including phenoxy) is 1. The third-order valence-electron chi connectivity index (χ3n) is 6.80. The summed E-state index contributed by atoms with van der Waals surface area (Å²) in [5.41, 5.74) is 8.09. The summed E-state index contributed by atoms with van der Waals surface area (Å²) >= 11 is 6.32. The van der Waals surface area contributed by atoms with Gasteiger partial charge in [0, 0.05) is 29.9 Å². The van der Waals surface area contributed by atoms with E-state index in [1.165, 1.54) is 27.8 Å². The maximum atomic E-state index is 12.8. The van der Waals surface area contributed by atoms with Crippen molar-refractivity contribution in [1.29, 1.82) is 0 Å². The van der Waals surface area contributed by atoms with Crippen molar-refractivity contribution in [3.63, 3.8) is 0 Å². The van der Waals surface area contributed by atoms with Crippen molar-refractivity contribution in [2.45, 2.75) is 32.3 Å². The van der Waals surface area contributed by atoms with Gasteiger partial charge in [0.1, 0.15) is 13.2 Å². The van der Waals surface area contributed by atoms with E-state index in [2.05, 4.69) is 23.5 Å². The number of benzene rings is 2. The molecule has 0 radical (unpaired) electrons. The van der Waals surface area contributed by atoms with E-state index in [0.29, 0.717) is 13.1 Å². The lowest BCUT2D eigenvalue weighted by atomic mass is 9.88. The average molecular weight is 502 g/mol. The van der Waals surface area contributed by atoms with E-state index >= 15 is 0 Å². The molecule has 0 saturated carbocycles. The number of hydrogen-bond donors (Lipinski definition) is 1. The number of piperidine rings is 1. The predicted molar refractivity (Wildman–Crippen MR) is 140 cm³/mol. The highest BCUT2D eigenvalue weighted by Gasteiger charge is 2.26. The third-order valence-corrected chi connectivity index (χ3v) is 7.03. The summed E-state index contributed by atoms with van der Waals surface area (Å²) in [6.45, 7) is 1.29. The molecule has 1 aliphatic carbocycles. The molecule has 2 aromatic carbocycles. The smallest absolute Gasteiger partial charge is 0.407 e. The molecule has 184 valence electrons. The lowest BCUT2D eigenvalue weighted by Crippen LogP contribution is -2.43. The first-order valence-electron chi connectivity index (χ1n) is 12.3. The Hall–Kier alpha value is -3.64. The highest BCUT2D eigenvalue weighted by atomic mass is 35.5. The molecule has 1 N–H and O–H groups in total. The molecule has 0 unspecified atom stereocenters. The Kier molecular flexibility index (Phi) is 7.33. The molecular formula is C29H28ClN3O3. The number of carbonyl (C=O) groups excluding carboxylic acids is 2. The monoisotopic (exact) mass is 501 g/mol. The number of carbonyl (C=O) groups is 2. The summed E-state index contributed by atoms with van der Waals surface area (Å²) in [6, 6.07) is 19.7. The molecule has 6 nitrogen and oxygen atoms in total. The number of aryl methyl sites for hydroxylation is 2. The number of rotatable bonds is 4. The maximum Gasteiger partial charge on any atom is 0.407 e. The fraction of sp³-hybridized carbons (Fsp3) is 0.276. The molecule has 0 atom stereocenters. The van der Waals surface area contributed by atoms with Crippen molar-refractivity contribution in [1.82, 2.24) is 15.2 Å². The lowest BCUT2D eigenvalue weighted by molar-refractivity contribution is -0.130. The summed E-state index contributed by atoms with van der Waals surface area (Å²) in [6.07, 6.45) is 4.62. The molecule has 1 aromatic heterocycles. The van der Waals surface area contributed by atoms with Crippen LogP contribution in [0.1, 0.15) is 40.8 Å². The van der Waals surface area contributed by atoms with Crippen LogP contribution in [0.25, 0.3) is 5.57 Å². The first kappa shape index (κ1) is 24.1. The molecule has 1 saturated heterocycles. The van der Waals surface area contributed by atoms with Crippen LogP contribution >= 0.6 is 11.6 Å². The van der Waals surface area contributed by atoms with E-state index in [1.54, 1.807) is 4.90 Å². The minimum absolute atomic E-state index is 0.0781. The molecule has 2 heterocycles. The molecular weight excluding hydrogens is 474 g/mol. The summed E-state index contributed by atoms with van der Waals surface area (Å²) in [7, 11) is 0. The fourth-order valence-electron chi connectivity index (χ4n) is 4.94. The molecule has 36 heavy (non-hydrogen) atoms. The summed E-state index contributed by atoms with van der Waals surface area (Å²) in [4.78, 5) is 31.4. The Bertz CT molecular complexity index is 1300. The Morgan fingerprint density at radius 1 is 0.944 bits per heavy atom. The molecule has 0 spiro atoms. The van der Waals surface area contributed by atoms with Crippen molar-refractivity contribution in [3.8, 4) is 0 Å². The minimum atomic E-state index is -0.594. The van der Waals surface area contributed by atoms with Gasteiger partial charge in [-0.15, -0.1) is 0 Å². The van der Waals surface area contributed by atoms with Gasteiger partial charge in [-0.3, -0.25) is 9.78 Å². The molecule has 1 aliphatic heterocycles. The zero-order valence-corrected chi connectivity index (χ0v) is 20.8. The van der Waals surface area contributed by atoms with Gasteiger partial charge in [0.25, 0.3) is 0 Å². The molecule has 2 aliphatic rings. The van der Waals surface area contributed by atoms with Crippen LogP contribution < -0.4 is 5.32 Å². The van der Waals surface area contributed by atoms with Gasteiger partial charge in [-0.25, -0.2) is 4.79 Å². The maximum absolute atomic E-state index is 12.8. The Labute approximate surface area is 215 Å². The fourth-order valence-corrected chi connectivity index (χ4v) is 5.14. The van der Waals surface area contributed by atoms with Gasteiger partial charge >= 0.3 is 6.09 Å². The van der Waals surface area contributed by atoms with Gasteiger partial charge in [-0.1, -0.05) is 59.6 Å². The van der Waals surface area contributed by atoms with E-state index in [1.807, 2.05) is 48.7 Å². The van der Waals surface area contributed by atoms with Gasteiger partial charge in [-0.2, -0.15) is 0 Å². The highest BCUT2D eigenvalue weighted by Crippen LogP contribution is 2.38. The van der Waals surface area contributed by atoms with Crippen LogP contribution in [0.15, 0.2) is 72.4 Å². The molecule has 3 aromatic rings. The van der Waals surface area contributed by atoms with E-state index < -0.39 is 6.09 Å². The van der Waals surface area contributed by atoms with E-state index in [-0.39, 0.29) is 19.1 Å². The molecule has 5 rings (SSSR count). The number of amides is 2. The van der Waals surface area contributed by atoms with Crippen LogP contribution in [0, 0.1) is 0 Å². The van der Waals surface area contributed by atoms with Crippen LogP contribution in [0.4, 0.5) is 4.79 Å². The number of nitrogens with one attached hydrogen (secondary N) is 1. The van der Waals surface area contributed by atoms with Crippen molar-refractivity contribution in [2.75, 3.05) is 19.6 Å². The second-order valence-electron chi connectivity index (χ2n) is 9.09. The quantitative estimate of drug-likeness (QED) is 0.534. The van der Waals surface area contributed by atoms with Gasteiger partial charge < -0.3 is 15.0 Å². The number of hydrogen-bond acceptors (Lipinski definition) is 4. The van der Waals surface area contributed by atoms with Crippen molar-refractivity contribution >= 4 is 29.2 Å². The SMILES string of the molecule is O=C(NCC(=O)N1CCC(=C2c3ccc(Cl)cc3CCc3cccnc32)CC1)OCc1ccccc1. The van der Waals surface area contributed by atoms with Gasteiger partial charge in [-0.05, 0) is 66.1 Å². The first-order valence-corrected chi connectivity index (χ1v) is 12.6. The zero-order chi connectivity index (χ0) is 24.9. The molecule has 1 fully saturated rings.